The molecule has 52 heavy (non-hydrogen) atoms. The summed E-state index contributed by atoms with van der Waals surface area (Å²) in [6.07, 6.45) is 7.98. The molecule has 2 aliphatic carbocycles. The number of halogens is 4. The van der Waals surface area contributed by atoms with Crippen molar-refractivity contribution in [2.45, 2.75) is 99.8 Å². The molecule has 0 saturated carbocycles. The van der Waals surface area contributed by atoms with E-state index in [9.17, 15) is 0 Å². The minimum absolute atomic E-state index is 0. The van der Waals surface area contributed by atoms with Crippen LogP contribution in [-0.2, 0) is 39.5 Å². The Bertz CT molecular complexity index is 1790. The first kappa shape index (κ1) is 46.3. The molecule has 0 aliphatic heterocycles. The number of benzene rings is 4. The van der Waals surface area contributed by atoms with Crippen molar-refractivity contribution in [3.63, 3.8) is 0 Å². The number of rotatable bonds is 3. The van der Waals surface area contributed by atoms with Crippen molar-refractivity contribution in [2.75, 3.05) is 0 Å². The molecule has 0 spiro atoms. The second kappa shape index (κ2) is 19.6. The summed E-state index contributed by atoms with van der Waals surface area (Å²) in [5, 5.41) is 1.57. The quantitative estimate of drug-likeness (QED) is 0.159. The van der Waals surface area contributed by atoms with Crippen LogP contribution >= 0.6 is 48.0 Å². The van der Waals surface area contributed by atoms with Gasteiger partial charge in [0.1, 0.15) is 0 Å². The third kappa shape index (κ3) is 13.2. The molecule has 0 N–H and O–H groups in total. The zero-order valence-electron chi connectivity index (χ0n) is 32.8. The first-order chi connectivity index (χ1) is 23.3. The Hall–Kier alpha value is -1.86. The van der Waals surface area contributed by atoms with Crippen LogP contribution in [0.1, 0.15) is 116 Å². The number of allylic oxidation sites excluding steroid dienone is 4. The van der Waals surface area contributed by atoms with Gasteiger partial charge in [0.05, 0.1) is 0 Å². The molecule has 0 nitrogen and oxygen atoms in total. The molecule has 2 aliphatic rings. The van der Waals surface area contributed by atoms with Crippen LogP contribution < -0.4 is 0 Å². The summed E-state index contributed by atoms with van der Waals surface area (Å²) in [7, 11) is 0. The molecule has 0 aromatic heterocycles. The Kier molecular flexibility index (Phi) is 17.5. The second-order valence-electron chi connectivity index (χ2n) is 16.5. The van der Waals surface area contributed by atoms with Crippen molar-refractivity contribution in [2.24, 2.45) is 11.3 Å². The molecular weight excluding hydrogens is 798 g/mol. The van der Waals surface area contributed by atoms with Gasteiger partial charge in [0, 0.05) is 0 Å². The van der Waals surface area contributed by atoms with Crippen LogP contribution in [0.5, 0.6) is 0 Å². The average Bonchev–Trinajstić information content (AvgIpc) is 3.62. The van der Waals surface area contributed by atoms with E-state index in [-0.39, 0.29) is 35.6 Å². The van der Waals surface area contributed by atoms with Gasteiger partial charge in [-0.25, -0.2) is 5.57 Å². The maximum atomic E-state index is 5.84. The fourth-order valence-electron chi connectivity index (χ4n) is 6.08. The van der Waals surface area contributed by atoms with E-state index in [1.165, 1.54) is 55.7 Å². The summed E-state index contributed by atoms with van der Waals surface area (Å²) in [6, 6.07) is 31.0. The molecular formula is C47H56Cl4Zr-2. The molecule has 0 fully saturated rings. The molecule has 1 unspecified atom stereocenters. The van der Waals surface area contributed by atoms with Gasteiger partial charge in [-0.15, -0.1) is 30.4 Å². The van der Waals surface area contributed by atoms with Gasteiger partial charge in [0.25, 0.3) is 0 Å². The zero-order valence-corrected chi connectivity index (χ0v) is 38.4. The Labute approximate surface area is 348 Å². The van der Waals surface area contributed by atoms with E-state index < -0.39 is 22.3 Å². The van der Waals surface area contributed by atoms with Crippen LogP contribution in [-0.4, -0.2) is 7.42 Å². The van der Waals surface area contributed by atoms with Gasteiger partial charge in [-0.1, -0.05) is 129 Å². The molecule has 0 amide bonds. The summed E-state index contributed by atoms with van der Waals surface area (Å²) in [6.45, 7) is 24.9. The Morgan fingerprint density at radius 1 is 0.692 bits per heavy atom. The van der Waals surface area contributed by atoms with E-state index in [2.05, 4.69) is 156 Å². The number of fused-ring (bicyclic) bond motifs is 3. The van der Waals surface area contributed by atoms with Crippen molar-refractivity contribution in [3.8, 4) is 11.1 Å². The predicted molar refractivity (Wildman–Crippen MR) is 232 cm³/mol. The topological polar surface area (TPSA) is 0 Å². The summed E-state index contributed by atoms with van der Waals surface area (Å²) >= 11 is 11.0. The first-order valence-corrected chi connectivity index (χ1v) is 21.4. The zero-order chi connectivity index (χ0) is 36.9. The molecule has 4 aromatic rings. The van der Waals surface area contributed by atoms with Gasteiger partial charge in [0.15, 0.2) is 0 Å². The fraction of sp³-hybridized carbons (Fsp3) is 0.362. The standard InChI is InChI=1S/C21H25.C12H19.2C7H5Cl.2ClH.Zr/c1-20(2,3)16-9-7-14-11-15-8-10-17(21(4,5)6)13-19(15)18(14)12-16;1-6-10-7-9(2)8-11(10)12(3,4)5;2*1-6-2-4-7(8)5-3-6;;;/h7,9-10,12-13H,11H2,1-6H3;8-9H,6H2,1-5H3;2*1-5H;2*1H;/q2*-1;;;;;. The summed E-state index contributed by atoms with van der Waals surface area (Å²) < 4.78 is 4.66. The Balaban J connectivity index is 0.000000275. The van der Waals surface area contributed by atoms with E-state index in [0.29, 0.717) is 11.3 Å². The van der Waals surface area contributed by atoms with Crippen molar-refractivity contribution in [3.05, 3.63) is 152 Å². The van der Waals surface area contributed by atoms with Crippen LogP contribution in [0, 0.1) is 23.5 Å². The van der Waals surface area contributed by atoms with Crippen molar-refractivity contribution < 1.29 is 22.3 Å². The summed E-state index contributed by atoms with van der Waals surface area (Å²) in [5.41, 5.74) is 14.5. The van der Waals surface area contributed by atoms with Crippen LogP contribution in [0.3, 0.4) is 0 Å². The van der Waals surface area contributed by atoms with E-state index in [1.54, 1.807) is 0 Å². The molecule has 278 valence electrons. The molecule has 4 aromatic carbocycles. The van der Waals surface area contributed by atoms with E-state index in [0.717, 1.165) is 22.9 Å². The van der Waals surface area contributed by atoms with Crippen LogP contribution in [0.4, 0.5) is 0 Å². The first-order valence-electron chi connectivity index (χ1n) is 17.8. The van der Waals surface area contributed by atoms with Gasteiger partial charge >= 0.3 is 123 Å². The normalized spacial score (nSPS) is 14.3. The SMILES string of the molecule is CC(C)(C)c1c[c-]c2c(c1)-c1cc(C(C)(C)C)ccc1C2.CCC1=[C-]C(C)C=C1C(C)(C)C.Cl.Cl.Clc1ccc([CH]=[Zr]=[CH]c2ccc(Cl)cc2)cc1. The Morgan fingerprint density at radius 3 is 1.63 bits per heavy atom. The van der Waals surface area contributed by atoms with Crippen molar-refractivity contribution in [1.29, 1.82) is 0 Å². The minimum atomic E-state index is -0.623. The van der Waals surface area contributed by atoms with Gasteiger partial charge in [0.2, 0.25) is 0 Å². The summed E-state index contributed by atoms with van der Waals surface area (Å²) in [5.74, 6) is 0.522. The molecule has 1 atom stereocenters. The third-order valence-electron chi connectivity index (χ3n) is 9.07. The molecule has 5 heteroatoms. The van der Waals surface area contributed by atoms with Crippen molar-refractivity contribution >= 4 is 55.4 Å². The molecule has 0 saturated heterocycles. The summed E-state index contributed by atoms with van der Waals surface area (Å²) in [4.78, 5) is 0. The van der Waals surface area contributed by atoms with Crippen LogP contribution in [0.15, 0.2) is 96.1 Å². The average molecular weight is 854 g/mol. The molecule has 0 heterocycles. The molecule has 0 radical (unpaired) electrons. The Morgan fingerprint density at radius 2 is 1.19 bits per heavy atom. The molecule has 6 rings (SSSR count). The van der Waals surface area contributed by atoms with Gasteiger partial charge in [-0.05, 0) is 17.4 Å². The van der Waals surface area contributed by atoms with Gasteiger partial charge < -0.3 is 0 Å². The van der Waals surface area contributed by atoms with Crippen molar-refractivity contribution in [1.82, 2.24) is 0 Å². The number of hydrogen-bond acceptors (Lipinski definition) is 0. The van der Waals surface area contributed by atoms with E-state index in [4.69, 9.17) is 23.2 Å². The van der Waals surface area contributed by atoms with E-state index >= 15 is 0 Å². The predicted octanol–water partition coefficient (Wildman–Crippen LogP) is 14.3. The van der Waals surface area contributed by atoms with Crippen LogP contribution in [0.25, 0.3) is 11.1 Å². The van der Waals surface area contributed by atoms with Gasteiger partial charge in [-0.3, -0.25) is 6.08 Å². The van der Waals surface area contributed by atoms with Gasteiger partial charge in [-0.2, -0.15) is 41.0 Å². The fourth-order valence-corrected chi connectivity index (χ4v) is 8.43. The van der Waals surface area contributed by atoms with Crippen LogP contribution in [0.2, 0.25) is 10.0 Å². The molecule has 0 bridgehead atoms. The second-order valence-corrected chi connectivity index (χ2v) is 19.6. The maximum absolute atomic E-state index is 5.84. The monoisotopic (exact) mass is 850 g/mol. The number of hydrogen-bond donors (Lipinski definition) is 0. The third-order valence-corrected chi connectivity index (χ3v) is 12.0. The van der Waals surface area contributed by atoms with E-state index in [1.807, 2.05) is 24.3 Å².